The van der Waals surface area contributed by atoms with Gasteiger partial charge in [0.1, 0.15) is 12.6 Å². The molecule has 2 amide bonds. The highest BCUT2D eigenvalue weighted by atomic mass is 16.5. The Labute approximate surface area is 205 Å². The first-order chi connectivity index (χ1) is 16.8. The summed E-state index contributed by atoms with van der Waals surface area (Å²) in [7, 11) is 1.68. The number of carbonyl (C=O) groups excluding carboxylic acids is 2. The second-order valence-electron chi connectivity index (χ2n) is 10.4. The van der Waals surface area contributed by atoms with Crippen molar-refractivity contribution < 1.29 is 24.2 Å². The number of likely N-dealkylation sites (N-methyl/N-ethyl adjacent to an activating group) is 1. The van der Waals surface area contributed by atoms with Crippen molar-refractivity contribution in [2.24, 2.45) is 23.7 Å². The van der Waals surface area contributed by atoms with Crippen LogP contribution in [0.4, 0.5) is 4.79 Å². The highest BCUT2D eigenvalue weighted by Gasteiger charge is 2.52. The Kier molecular flexibility index (Phi) is 6.26. The maximum Gasteiger partial charge on any atom is 0.407 e. The average Bonchev–Trinajstić information content (AvgIpc) is 3.74. The van der Waals surface area contributed by atoms with E-state index in [-0.39, 0.29) is 12.5 Å². The van der Waals surface area contributed by atoms with Crippen molar-refractivity contribution in [3.05, 3.63) is 59.7 Å². The van der Waals surface area contributed by atoms with E-state index >= 15 is 0 Å². The molecule has 5 rings (SSSR count). The molecule has 0 spiro atoms. The van der Waals surface area contributed by atoms with E-state index in [9.17, 15) is 19.5 Å². The van der Waals surface area contributed by atoms with Gasteiger partial charge in [0.2, 0.25) is 5.91 Å². The number of hydrogen-bond donors (Lipinski definition) is 2. The number of alkyl carbamates (subject to hydrolysis) is 1. The van der Waals surface area contributed by atoms with Gasteiger partial charge in [0.25, 0.3) is 0 Å². The summed E-state index contributed by atoms with van der Waals surface area (Å²) in [6.07, 6.45) is 1.12. The lowest BCUT2D eigenvalue weighted by Crippen LogP contribution is -2.49. The Morgan fingerprint density at radius 3 is 2.20 bits per heavy atom. The van der Waals surface area contributed by atoms with Crippen LogP contribution in [0.3, 0.4) is 0 Å². The third-order valence-electron chi connectivity index (χ3n) is 7.90. The normalized spacial score (nSPS) is 24.6. The van der Waals surface area contributed by atoms with E-state index in [1.165, 1.54) is 6.42 Å². The molecular formula is C28H32N2O5. The van der Waals surface area contributed by atoms with Gasteiger partial charge in [-0.05, 0) is 58.8 Å². The molecule has 0 heterocycles. The Hall–Kier alpha value is -3.35. The predicted molar refractivity (Wildman–Crippen MR) is 131 cm³/mol. The highest BCUT2D eigenvalue weighted by molar-refractivity contribution is 5.89. The first-order valence-electron chi connectivity index (χ1n) is 12.4. The molecule has 0 aromatic heterocycles. The lowest BCUT2D eigenvalue weighted by atomic mass is 9.98. The molecule has 7 heteroatoms. The first-order valence-corrected chi connectivity index (χ1v) is 12.4. The molecule has 5 unspecified atom stereocenters. The Bertz CT molecular complexity index is 1100. The number of aliphatic carboxylic acids is 1. The quantitative estimate of drug-likeness (QED) is 0.568. The molecule has 2 fully saturated rings. The van der Waals surface area contributed by atoms with Crippen LogP contribution < -0.4 is 5.32 Å². The summed E-state index contributed by atoms with van der Waals surface area (Å²) in [5, 5.41) is 11.8. The largest absolute Gasteiger partial charge is 0.481 e. The summed E-state index contributed by atoms with van der Waals surface area (Å²) in [6, 6.07) is 14.9. The summed E-state index contributed by atoms with van der Waals surface area (Å²) in [6.45, 7) is 2.96. The topological polar surface area (TPSA) is 95.9 Å². The second-order valence-corrected chi connectivity index (χ2v) is 10.4. The van der Waals surface area contributed by atoms with Crippen LogP contribution in [0.15, 0.2) is 48.5 Å². The van der Waals surface area contributed by atoms with E-state index in [1.807, 2.05) is 36.4 Å². The summed E-state index contributed by atoms with van der Waals surface area (Å²) >= 11 is 0. The summed E-state index contributed by atoms with van der Waals surface area (Å²) in [5.41, 5.74) is 4.42. The van der Waals surface area contributed by atoms with Gasteiger partial charge in [-0.2, -0.15) is 0 Å². The molecule has 0 saturated heterocycles. The molecule has 2 aromatic carbocycles. The first kappa shape index (κ1) is 23.4. The van der Waals surface area contributed by atoms with E-state index < -0.39 is 30.4 Å². The Morgan fingerprint density at radius 1 is 1.03 bits per heavy atom. The monoisotopic (exact) mass is 476 g/mol. The minimum atomic E-state index is -1.16. The third-order valence-corrected chi connectivity index (χ3v) is 7.90. The maximum atomic E-state index is 13.0. The molecule has 3 aliphatic rings. The van der Waals surface area contributed by atoms with Crippen molar-refractivity contribution in [1.29, 1.82) is 0 Å². The number of carbonyl (C=O) groups is 3. The fraction of sp³-hybridized carbons (Fsp3) is 0.464. The number of carboxylic acids is 1. The maximum absolute atomic E-state index is 13.0. The standard InChI is InChI=1S/C28H32N2O5/c1-16-11-22(16)23-12-17(23)14-30(2)27(33)25(13-26(31)32)29-28(34)35-15-24-20-9-5-3-7-18(20)19-8-4-6-10-21(19)24/h3-10,16-17,22-25H,11-15H2,1-2H3,(H,29,34)(H,31,32). The van der Waals surface area contributed by atoms with Crippen LogP contribution >= 0.6 is 0 Å². The van der Waals surface area contributed by atoms with Crippen LogP contribution in [0.5, 0.6) is 0 Å². The van der Waals surface area contributed by atoms with Crippen molar-refractivity contribution in [3.8, 4) is 11.1 Å². The fourth-order valence-corrected chi connectivity index (χ4v) is 5.82. The van der Waals surface area contributed by atoms with Gasteiger partial charge in [-0.1, -0.05) is 55.5 Å². The SMILES string of the molecule is CC1CC1C1CC1CN(C)C(=O)C(CC(=O)O)NC(=O)OCC1c2ccccc2-c2ccccc21. The van der Waals surface area contributed by atoms with Gasteiger partial charge in [-0.25, -0.2) is 4.79 Å². The van der Waals surface area contributed by atoms with Gasteiger partial charge >= 0.3 is 12.1 Å². The molecule has 7 nitrogen and oxygen atoms in total. The molecule has 3 aliphatic carbocycles. The number of carboxylic acid groups (broad SMARTS) is 1. The number of benzene rings is 2. The van der Waals surface area contributed by atoms with E-state index in [0.717, 1.165) is 40.5 Å². The molecule has 0 radical (unpaired) electrons. The van der Waals surface area contributed by atoms with E-state index in [4.69, 9.17) is 4.74 Å². The van der Waals surface area contributed by atoms with Gasteiger partial charge in [0, 0.05) is 19.5 Å². The van der Waals surface area contributed by atoms with Gasteiger partial charge < -0.3 is 20.1 Å². The van der Waals surface area contributed by atoms with Gasteiger partial charge in [0.05, 0.1) is 6.42 Å². The number of rotatable bonds is 9. The zero-order chi connectivity index (χ0) is 24.7. The van der Waals surface area contributed by atoms with Crippen molar-refractivity contribution >= 4 is 18.0 Å². The van der Waals surface area contributed by atoms with E-state index in [0.29, 0.717) is 18.4 Å². The molecular weight excluding hydrogens is 444 g/mol. The zero-order valence-corrected chi connectivity index (χ0v) is 20.1. The van der Waals surface area contributed by atoms with Crippen LogP contribution in [-0.4, -0.2) is 54.2 Å². The summed E-state index contributed by atoms with van der Waals surface area (Å²) in [5.74, 6) is 1.05. The molecule has 2 N–H and O–H groups in total. The van der Waals surface area contributed by atoms with Crippen LogP contribution in [0.1, 0.15) is 43.2 Å². The number of ether oxygens (including phenoxy) is 1. The van der Waals surface area contributed by atoms with Crippen LogP contribution in [0.25, 0.3) is 11.1 Å². The van der Waals surface area contributed by atoms with Crippen LogP contribution in [0.2, 0.25) is 0 Å². The Balaban J connectivity index is 1.19. The van der Waals surface area contributed by atoms with Gasteiger partial charge in [-0.15, -0.1) is 0 Å². The van der Waals surface area contributed by atoms with Crippen LogP contribution in [-0.2, 0) is 14.3 Å². The smallest absolute Gasteiger partial charge is 0.407 e. The predicted octanol–water partition coefficient (Wildman–Crippen LogP) is 4.12. The van der Waals surface area contributed by atoms with Gasteiger partial charge in [-0.3, -0.25) is 9.59 Å². The van der Waals surface area contributed by atoms with Gasteiger partial charge in [0.15, 0.2) is 0 Å². The minimum absolute atomic E-state index is 0.104. The van der Waals surface area contributed by atoms with E-state index in [2.05, 4.69) is 24.4 Å². The zero-order valence-electron chi connectivity index (χ0n) is 20.1. The fourth-order valence-electron chi connectivity index (χ4n) is 5.82. The molecule has 0 bridgehead atoms. The lowest BCUT2D eigenvalue weighted by molar-refractivity contribution is -0.142. The van der Waals surface area contributed by atoms with Crippen molar-refractivity contribution in [2.45, 2.75) is 38.1 Å². The minimum Gasteiger partial charge on any atom is -0.481 e. The summed E-state index contributed by atoms with van der Waals surface area (Å²) in [4.78, 5) is 38.7. The molecule has 184 valence electrons. The van der Waals surface area contributed by atoms with Crippen molar-refractivity contribution in [2.75, 3.05) is 20.2 Å². The number of hydrogen-bond acceptors (Lipinski definition) is 4. The van der Waals surface area contributed by atoms with Crippen molar-refractivity contribution in [1.82, 2.24) is 10.2 Å². The van der Waals surface area contributed by atoms with Crippen molar-refractivity contribution in [3.63, 3.8) is 0 Å². The number of amides is 2. The molecule has 2 aromatic rings. The molecule has 2 saturated carbocycles. The van der Waals surface area contributed by atoms with Crippen LogP contribution in [0, 0.1) is 23.7 Å². The average molecular weight is 477 g/mol. The summed E-state index contributed by atoms with van der Waals surface area (Å²) < 4.78 is 5.53. The lowest BCUT2D eigenvalue weighted by Gasteiger charge is -2.24. The number of fused-ring (bicyclic) bond motifs is 3. The number of nitrogens with zero attached hydrogens (tertiary/aromatic N) is 1. The molecule has 5 atom stereocenters. The van der Waals surface area contributed by atoms with E-state index in [1.54, 1.807) is 11.9 Å². The Morgan fingerprint density at radius 2 is 1.63 bits per heavy atom. The number of nitrogens with one attached hydrogen (secondary N) is 1. The molecule has 35 heavy (non-hydrogen) atoms. The second kappa shape index (κ2) is 9.36. The third kappa shape index (κ3) is 4.90. The highest BCUT2D eigenvalue weighted by Crippen LogP contribution is 2.57. The molecule has 0 aliphatic heterocycles.